The molecule has 1 aromatic heterocycles. The van der Waals surface area contributed by atoms with Gasteiger partial charge in [-0.05, 0) is 12.1 Å². The summed E-state index contributed by atoms with van der Waals surface area (Å²) in [5.41, 5.74) is -0.0857. The molecule has 2 N–H and O–H groups in total. The number of halogens is 1. The number of benzene rings is 1. The van der Waals surface area contributed by atoms with Crippen molar-refractivity contribution in [1.82, 2.24) is 15.0 Å². The molecule has 0 bridgehead atoms. The Hall–Kier alpha value is -2.08. The highest BCUT2D eigenvalue weighted by molar-refractivity contribution is 6.32. The molecule has 0 fully saturated rings. The average molecular weight is 240 g/mol. The fourth-order valence-electron chi connectivity index (χ4n) is 1.20. The predicted octanol–water partition coefficient (Wildman–Crippen LogP) is 1.32. The molecule has 1 heterocycles. The molecule has 6 nitrogen and oxygen atoms in total. The summed E-state index contributed by atoms with van der Waals surface area (Å²) in [7, 11) is 0. The number of aromatic hydroxyl groups is 1. The molecule has 0 radical (unpaired) electrons. The van der Waals surface area contributed by atoms with E-state index in [4.69, 9.17) is 16.7 Å². The zero-order chi connectivity index (χ0) is 11.7. The number of carboxylic acids is 1. The van der Waals surface area contributed by atoms with Crippen LogP contribution in [0.15, 0.2) is 24.3 Å². The molecule has 0 atom stereocenters. The third kappa shape index (κ3) is 1.59. The molecular weight excluding hydrogens is 234 g/mol. The van der Waals surface area contributed by atoms with Crippen LogP contribution in [0, 0.1) is 0 Å². The van der Waals surface area contributed by atoms with E-state index in [0.717, 1.165) is 4.68 Å². The van der Waals surface area contributed by atoms with E-state index >= 15 is 0 Å². The van der Waals surface area contributed by atoms with Gasteiger partial charge in [-0.15, -0.1) is 5.10 Å². The maximum Gasteiger partial charge on any atom is 0.359 e. The van der Waals surface area contributed by atoms with Gasteiger partial charge in [-0.2, -0.15) is 4.68 Å². The second-order valence-corrected chi connectivity index (χ2v) is 3.29. The van der Waals surface area contributed by atoms with Crippen LogP contribution >= 0.6 is 11.6 Å². The molecule has 2 rings (SSSR count). The maximum atomic E-state index is 10.7. The quantitative estimate of drug-likeness (QED) is 0.825. The van der Waals surface area contributed by atoms with Gasteiger partial charge in [0.15, 0.2) is 5.15 Å². The standard InChI is InChI=1S/C9H6ClN3O3/c10-8-7(9(15)16)11-12-13(8)5-3-1-2-4-6(5)14/h1-4,14H,(H,15,16). The summed E-state index contributed by atoms with van der Waals surface area (Å²) in [5, 5.41) is 25.1. The van der Waals surface area contributed by atoms with E-state index in [-0.39, 0.29) is 22.3 Å². The average Bonchev–Trinajstić information content (AvgIpc) is 2.61. The second-order valence-electron chi connectivity index (χ2n) is 2.93. The van der Waals surface area contributed by atoms with Crippen LogP contribution in [0.1, 0.15) is 10.5 Å². The van der Waals surface area contributed by atoms with E-state index in [1.807, 2.05) is 0 Å². The van der Waals surface area contributed by atoms with Crippen LogP contribution in [0.4, 0.5) is 0 Å². The highest BCUT2D eigenvalue weighted by atomic mass is 35.5. The number of aromatic nitrogens is 3. The first kappa shape index (κ1) is 10.4. The summed E-state index contributed by atoms with van der Waals surface area (Å²) in [6, 6.07) is 6.27. The van der Waals surface area contributed by atoms with Gasteiger partial charge in [0.25, 0.3) is 0 Å². The molecule has 0 aliphatic carbocycles. The Morgan fingerprint density at radius 1 is 1.38 bits per heavy atom. The zero-order valence-corrected chi connectivity index (χ0v) is 8.59. The molecule has 0 saturated heterocycles. The first-order chi connectivity index (χ1) is 7.61. The molecule has 1 aromatic carbocycles. The number of aromatic carboxylic acids is 1. The second kappa shape index (κ2) is 3.82. The smallest absolute Gasteiger partial charge is 0.359 e. The Bertz CT molecular complexity index is 553. The van der Waals surface area contributed by atoms with Gasteiger partial charge < -0.3 is 10.2 Å². The lowest BCUT2D eigenvalue weighted by Crippen LogP contribution is -1.99. The molecule has 82 valence electrons. The van der Waals surface area contributed by atoms with Crippen LogP contribution in [-0.4, -0.2) is 31.2 Å². The van der Waals surface area contributed by atoms with Crippen molar-refractivity contribution >= 4 is 17.6 Å². The summed E-state index contributed by atoms with van der Waals surface area (Å²) in [6.45, 7) is 0. The van der Waals surface area contributed by atoms with Crippen molar-refractivity contribution in [3.8, 4) is 11.4 Å². The molecule has 0 aliphatic heterocycles. The maximum absolute atomic E-state index is 10.7. The molecule has 16 heavy (non-hydrogen) atoms. The molecule has 0 saturated carbocycles. The van der Waals surface area contributed by atoms with Gasteiger partial charge in [0, 0.05) is 0 Å². The SMILES string of the molecule is O=C(O)c1nnn(-c2ccccc2O)c1Cl. The predicted molar refractivity (Wildman–Crippen MR) is 55.0 cm³/mol. The van der Waals surface area contributed by atoms with Gasteiger partial charge in [-0.3, -0.25) is 0 Å². The number of carboxylic acid groups (broad SMARTS) is 1. The minimum absolute atomic E-state index is 0.0637. The van der Waals surface area contributed by atoms with E-state index in [0.29, 0.717) is 0 Å². The Morgan fingerprint density at radius 2 is 2.06 bits per heavy atom. The van der Waals surface area contributed by atoms with Crippen LogP contribution < -0.4 is 0 Å². The van der Waals surface area contributed by atoms with Crippen molar-refractivity contribution in [3.05, 3.63) is 35.1 Å². The first-order valence-corrected chi connectivity index (χ1v) is 4.62. The highest BCUT2D eigenvalue weighted by Crippen LogP contribution is 2.24. The first-order valence-electron chi connectivity index (χ1n) is 4.24. The minimum atomic E-state index is -1.27. The van der Waals surface area contributed by atoms with Crippen LogP contribution in [-0.2, 0) is 0 Å². The molecule has 2 aromatic rings. The fraction of sp³-hybridized carbons (Fsp3) is 0. The molecule has 0 aliphatic rings. The van der Waals surface area contributed by atoms with E-state index in [1.54, 1.807) is 18.2 Å². The number of nitrogens with zero attached hydrogens (tertiary/aromatic N) is 3. The number of rotatable bonds is 2. The molecule has 7 heteroatoms. The lowest BCUT2D eigenvalue weighted by atomic mass is 10.3. The number of hydrogen-bond donors (Lipinski definition) is 2. The molecule has 0 amide bonds. The van der Waals surface area contributed by atoms with Gasteiger partial charge in [0.05, 0.1) is 0 Å². The fourth-order valence-corrected chi connectivity index (χ4v) is 1.44. The summed E-state index contributed by atoms with van der Waals surface area (Å²) < 4.78 is 1.06. The summed E-state index contributed by atoms with van der Waals surface area (Å²) >= 11 is 5.77. The van der Waals surface area contributed by atoms with Crippen molar-refractivity contribution in [2.45, 2.75) is 0 Å². The van der Waals surface area contributed by atoms with Crippen molar-refractivity contribution in [1.29, 1.82) is 0 Å². The number of phenolic OH excluding ortho intramolecular Hbond substituents is 1. The van der Waals surface area contributed by atoms with E-state index < -0.39 is 5.97 Å². The normalized spacial score (nSPS) is 10.3. The van der Waals surface area contributed by atoms with Crippen LogP contribution in [0.5, 0.6) is 5.75 Å². The van der Waals surface area contributed by atoms with Crippen molar-refractivity contribution in [2.75, 3.05) is 0 Å². The van der Waals surface area contributed by atoms with Crippen molar-refractivity contribution < 1.29 is 15.0 Å². The lowest BCUT2D eigenvalue weighted by Gasteiger charge is -2.03. The number of hydrogen-bond acceptors (Lipinski definition) is 4. The third-order valence-corrected chi connectivity index (χ3v) is 2.27. The van der Waals surface area contributed by atoms with Gasteiger partial charge in [-0.1, -0.05) is 28.9 Å². The Kier molecular flexibility index (Phi) is 2.49. The third-order valence-electron chi connectivity index (χ3n) is 1.93. The Labute approximate surface area is 94.7 Å². The van der Waals surface area contributed by atoms with E-state index in [1.165, 1.54) is 6.07 Å². The zero-order valence-electron chi connectivity index (χ0n) is 7.83. The van der Waals surface area contributed by atoms with Gasteiger partial charge in [0.1, 0.15) is 11.4 Å². The van der Waals surface area contributed by atoms with Gasteiger partial charge in [-0.25, -0.2) is 4.79 Å². The number of phenols is 1. The van der Waals surface area contributed by atoms with Crippen molar-refractivity contribution in [3.63, 3.8) is 0 Å². The van der Waals surface area contributed by atoms with Gasteiger partial charge >= 0.3 is 5.97 Å². The molecular formula is C9H6ClN3O3. The summed E-state index contributed by atoms with van der Waals surface area (Å²) in [6.07, 6.45) is 0. The number of carbonyl (C=O) groups is 1. The monoisotopic (exact) mass is 239 g/mol. The highest BCUT2D eigenvalue weighted by Gasteiger charge is 2.19. The lowest BCUT2D eigenvalue weighted by molar-refractivity contribution is 0.0690. The van der Waals surface area contributed by atoms with Crippen LogP contribution in [0.25, 0.3) is 5.69 Å². The summed E-state index contributed by atoms with van der Waals surface area (Å²) in [4.78, 5) is 10.7. The Morgan fingerprint density at radius 3 is 2.62 bits per heavy atom. The van der Waals surface area contributed by atoms with Crippen LogP contribution in [0.3, 0.4) is 0 Å². The van der Waals surface area contributed by atoms with Crippen molar-refractivity contribution in [2.24, 2.45) is 0 Å². The molecule has 0 spiro atoms. The van der Waals surface area contributed by atoms with Gasteiger partial charge in [0.2, 0.25) is 5.69 Å². The number of para-hydroxylation sites is 2. The van der Waals surface area contributed by atoms with E-state index in [2.05, 4.69) is 10.3 Å². The topological polar surface area (TPSA) is 88.2 Å². The summed E-state index contributed by atoms with van der Waals surface area (Å²) in [5.74, 6) is -1.34. The largest absolute Gasteiger partial charge is 0.506 e. The minimum Gasteiger partial charge on any atom is -0.506 e. The van der Waals surface area contributed by atoms with E-state index in [9.17, 15) is 9.90 Å². The molecule has 0 unspecified atom stereocenters. The Balaban J connectivity index is 2.58. The van der Waals surface area contributed by atoms with Crippen LogP contribution in [0.2, 0.25) is 5.15 Å².